The highest BCUT2D eigenvalue weighted by Gasteiger charge is 2.51. The van der Waals surface area contributed by atoms with Crippen LogP contribution in [0.3, 0.4) is 0 Å². The number of amides is 2. The van der Waals surface area contributed by atoms with Gasteiger partial charge < -0.3 is 10.2 Å². The molecule has 1 atom stereocenters. The van der Waals surface area contributed by atoms with Crippen molar-refractivity contribution in [2.75, 3.05) is 6.54 Å². The van der Waals surface area contributed by atoms with E-state index in [9.17, 15) is 9.59 Å². The minimum atomic E-state index is -0.566. The lowest BCUT2D eigenvalue weighted by atomic mass is 9.77. The van der Waals surface area contributed by atoms with Crippen molar-refractivity contribution in [3.63, 3.8) is 0 Å². The summed E-state index contributed by atoms with van der Waals surface area (Å²) in [7, 11) is 0. The van der Waals surface area contributed by atoms with Gasteiger partial charge in [0.25, 0.3) is 0 Å². The molecule has 0 bridgehead atoms. The Morgan fingerprint density at radius 1 is 1.14 bits per heavy atom. The van der Waals surface area contributed by atoms with Crippen molar-refractivity contribution >= 4 is 11.8 Å². The van der Waals surface area contributed by atoms with Crippen molar-refractivity contribution in [1.82, 2.24) is 10.2 Å². The number of hydrogen-bond donors (Lipinski definition) is 1. The molecule has 3 rings (SSSR count). The van der Waals surface area contributed by atoms with E-state index >= 15 is 0 Å². The largest absolute Gasteiger partial charge is 0.340 e. The molecule has 3 aliphatic rings. The van der Waals surface area contributed by atoms with Crippen molar-refractivity contribution in [2.24, 2.45) is 5.92 Å². The molecule has 2 saturated carbocycles. The zero-order valence-corrected chi connectivity index (χ0v) is 13.2. The molecule has 1 spiro atoms. The molecule has 1 N–H and O–H groups in total. The Bertz CT molecular complexity index is 411. The molecule has 0 aromatic rings. The van der Waals surface area contributed by atoms with Crippen LogP contribution in [-0.4, -0.2) is 34.8 Å². The third-order valence-electron chi connectivity index (χ3n) is 5.66. The Kier molecular flexibility index (Phi) is 4.23. The third kappa shape index (κ3) is 2.69. The van der Waals surface area contributed by atoms with Crippen LogP contribution in [0.2, 0.25) is 0 Å². The van der Waals surface area contributed by atoms with Crippen LogP contribution in [0.1, 0.15) is 71.1 Å². The Morgan fingerprint density at radius 2 is 1.86 bits per heavy atom. The van der Waals surface area contributed by atoms with E-state index in [-0.39, 0.29) is 17.9 Å². The fourth-order valence-electron chi connectivity index (χ4n) is 4.15. The number of carbonyl (C=O) groups excluding carboxylic acids is 2. The van der Waals surface area contributed by atoms with E-state index in [0.29, 0.717) is 5.92 Å². The van der Waals surface area contributed by atoms with E-state index in [1.165, 1.54) is 25.7 Å². The molecule has 4 nitrogen and oxygen atoms in total. The van der Waals surface area contributed by atoms with Crippen LogP contribution in [0.5, 0.6) is 0 Å². The van der Waals surface area contributed by atoms with E-state index in [4.69, 9.17) is 0 Å². The zero-order chi connectivity index (χ0) is 14.9. The zero-order valence-electron chi connectivity index (χ0n) is 13.2. The topological polar surface area (TPSA) is 49.4 Å². The number of carbonyl (C=O) groups is 2. The van der Waals surface area contributed by atoms with Gasteiger partial charge in [0.1, 0.15) is 11.6 Å². The van der Waals surface area contributed by atoms with Crippen molar-refractivity contribution in [1.29, 1.82) is 0 Å². The molecule has 1 saturated heterocycles. The van der Waals surface area contributed by atoms with Gasteiger partial charge in [0.2, 0.25) is 11.8 Å². The van der Waals surface area contributed by atoms with Gasteiger partial charge in [-0.2, -0.15) is 0 Å². The molecule has 21 heavy (non-hydrogen) atoms. The van der Waals surface area contributed by atoms with Crippen molar-refractivity contribution in [2.45, 2.75) is 82.7 Å². The van der Waals surface area contributed by atoms with Gasteiger partial charge in [-0.25, -0.2) is 0 Å². The molecule has 3 fully saturated rings. The Labute approximate surface area is 127 Å². The van der Waals surface area contributed by atoms with Gasteiger partial charge in [-0.1, -0.05) is 39.0 Å². The lowest BCUT2D eigenvalue weighted by Crippen LogP contribution is -2.71. The fourth-order valence-corrected chi connectivity index (χ4v) is 4.15. The first-order valence-electron chi connectivity index (χ1n) is 8.79. The van der Waals surface area contributed by atoms with Gasteiger partial charge in [0.05, 0.1) is 0 Å². The Balaban J connectivity index is 1.81. The first-order valence-corrected chi connectivity index (χ1v) is 8.79. The number of piperazine rings is 1. The summed E-state index contributed by atoms with van der Waals surface area (Å²) in [4.78, 5) is 27.7. The number of rotatable bonds is 4. The average Bonchev–Trinajstić information content (AvgIpc) is 2.43. The maximum absolute atomic E-state index is 13.1. The van der Waals surface area contributed by atoms with E-state index in [1.807, 2.05) is 4.90 Å². The second-order valence-corrected chi connectivity index (χ2v) is 7.19. The van der Waals surface area contributed by atoms with Crippen LogP contribution in [0.4, 0.5) is 0 Å². The summed E-state index contributed by atoms with van der Waals surface area (Å²) in [5, 5.41) is 3.13. The van der Waals surface area contributed by atoms with Crippen molar-refractivity contribution in [3.05, 3.63) is 0 Å². The molecular weight excluding hydrogens is 264 g/mol. The summed E-state index contributed by atoms with van der Waals surface area (Å²) < 4.78 is 0. The molecule has 0 aromatic carbocycles. The van der Waals surface area contributed by atoms with E-state index in [1.54, 1.807) is 0 Å². The Morgan fingerprint density at radius 3 is 2.43 bits per heavy atom. The molecular formula is C17H28N2O2. The molecule has 2 amide bonds. The number of nitrogens with zero attached hydrogens (tertiary/aromatic N) is 1. The molecule has 1 aliphatic heterocycles. The lowest BCUT2D eigenvalue weighted by Gasteiger charge is -2.49. The minimum absolute atomic E-state index is 0.0951. The summed E-state index contributed by atoms with van der Waals surface area (Å²) in [5.41, 5.74) is -0.566. The summed E-state index contributed by atoms with van der Waals surface area (Å²) in [5.74, 6) is 0.935. The van der Waals surface area contributed by atoms with E-state index < -0.39 is 5.54 Å². The maximum Gasteiger partial charge on any atom is 0.249 e. The van der Waals surface area contributed by atoms with Gasteiger partial charge in [0.15, 0.2) is 0 Å². The van der Waals surface area contributed by atoms with Crippen molar-refractivity contribution < 1.29 is 9.59 Å². The van der Waals surface area contributed by atoms with E-state index in [0.717, 1.165) is 45.1 Å². The predicted molar refractivity (Wildman–Crippen MR) is 81.7 cm³/mol. The molecule has 4 heteroatoms. The third-order valence-corrected chi connectivity index (χ3v) is 5.66. The number of hydrogen-bond acceptors (Lipinski definition) is 2. The lowest BCUT2D eigenvalue weighted by molar-refractivity contribution is -0.158. The number of nitrogens with one attached hydrogen (secondary N) is 1. The summed E-state index contributed by atoms with van der Waals surface area (Å²) in [6.45, 7) is 2.89. The van der Waals surface area contributed by atoms with Crippen molar-refractivity contribution in [3.8, 4) is 0 Å². The fraction of sp³-hybridized carbons (Fsp3) is 0.882. The quantitative estimate of drug-likeness (QED) is 0.866. The first kappa shape index (κ1) is 14.9. The highest BCUT2D eigenvalue weighted by molar-refractivity contribution is 5.99. The summed E-state index contributed by atoms with van der Waals surface area (Å²) in [6.07, 6.45) is 10.4. The van der Waals surface area contributed by atoms with E-state index in [2.05, 4.69) is 12.2 Å². The highest BCUT2D eigenvalue weighted by Crippen LogP contribution is 2.36. The monoisotopic (exact) mass is 292 g/mol. The summed E-state index contributed by atoms with van der Waals surface area (Å²) >= 11 is 0. The van der Waals surface area contributed by atoms with Gasteiger partial charge in [-0.3, -0.25) is 9.59 Å². The van der Waals surface area contributed by atoms with Crippen LogP contribution in [0, 0.1) is 5.92 Å². The molecule has 0 aromatic heterocycles. The van der Waals surface area contributed by atoms with Gasteiger partial charge in [-0.05, 0) is 38.0 Å². The molecule has 1 heterocycles. The van der Waals surface area contributed by atoms with Crippen LogP contribution < -0.4 is 5.32 Å². The van der Waals surface area contributed by atoms with Crippen LogP contribution >= 0.6 is 0 Å². The molecule has 118 valence electrons. The predicted octanol–water partition coefficient (Wildman–Crippen LogP) is 2.62. The molecule has 2 aliphatic carbocycles. The second kappa shape index (κ2) is 5.98. The second-order valence-electron chi connectivity index (χ2n) is 7.19. The first-order chi connectivity index (χ1) is 10.2. The van der Waals surface area contributed by atoms with Gasteiger partial charge in [-0.15, -0.1) is 0 Å². The van der Waals surface area contributed by atoms with Crippen LogP contribution in [-0.2, 0) is 9.59 Å². The maximum atomic E-state index is 13.1. The smallest absolute Gasteiger partial charge is 0.249 e. The molecule has 1 unspecified atom stereocenters. The van der Waals surface area contributed by atoms with Gasteiger partial charge in [0, 0.05) is 6.54 Å². The standard InChI is InChI=1S/C17H28N2O2/c1-2-7-14-15(20)18-17(10-4-3-5-11-17)16(21)19(14)12-13-8-6-9-13/h13-14H,2-12H2,1H3,(H,18,20). The van der Waals surface area contributed by atoms with Crippen LogP contribution in [0.15, 0.2) is 0 Å². The van der Waals surface area contributed by atoms with Gasteiger partial charge >= 0.3 is 0 Å². The normalized spacial score (nSPS) is 29.4. The molecule has 0 radical (unpaired) electrons. The summed E-state index contributed by atoms with van der Waals surface area (Å²) in [6, 6.07) is -0.226. The minimum Gasteiger partial charge on any atom is -0.340 e. The average molecular weight is 292 g/mol. The highest BCUT2D eigenvalue weighted by atomic mass is 16.2. The van der Waals surface area contributed by atoms with Crippen LogP contribution in [0.25, 0.3) is 0 Å². The Hall–Kier alpha value is -1.06. The SMILES string of the molecule is CCCC1C(=O)NC2(CCCCC2)C(=O)N1CC1CCC1.